The molecule has 0 radical (unpaired) electrons. The van der Waals surface area contributed by atoms with Crippen LogP contribution < -0.4 is 4.74 Å². The highest BCUT2D eigenvalue weighted by atomic mass is 16.5. The molecule has 0 aliphatic rings. The maximum absolute atomic E-state index is 13.5. The molecule has 7 heteroatoms. The molecule has 0 aliphatic heterocycles. The zero-order valence-electron chi connectivity index (χ0n) is 22.3. The third-order valence-electron chi connectivity index (χ3n) is 6.62. The molecular formula is C34H26N4O3. The first kappa shape index (κ1) is 25.7. The maximum atomic E-state index is 13.5. The van der Waals surface area contributed by atoms with E-state index in [1.165, 1.54) is 0 Å². The van der Waals surface area contributed by atoms with Gasteiger partial charge >= 0.3 is 0 Å². The fraction of sp³-hybridized carbons (Fsp3) is 0.0588. The summed E-state index contributed by atoms with van der Waals surface area (Å²) in [6.07, 6.45) is 3.91. The van der Waals surface area contributed by atoms with Crippen molar-refractivity contribution in [3.63, 3.8) is 0 Å². The Morgan fingerprint density at radius 2 is 1.44 bits per heavy atom. The van der Waals surface area contributed by atoms with Crippen molar-refractivity contribution in [2.45, 2.75) is 6.42 Å². The van der Waals surface area contributed by atoms with Gasteiger partial charge in [-0.05, 0) is 54.6 Å². The number of allylic oxidation sites excluding steroid dienone is 1. The fourth-order valence-electron chi connectivity index (χ4n) is 4.50. The monoisotopic (exact) mass is 538 g/mol. The van der Waals surface area contributed by atoms with E-state index >= 15 is 0 Å². The Morgan fingerprint density at radius 1 is 0.805 bits per heavy atom. The predicted molar refractivity (Wildman–Crippen MR) is 159 cm³/mol. The summed E-state index contributed by atoms with van der Waals surface area (Å²) in [5, 5.41) is 13.5. The summed E-state index contributed by atoms with van der Waals surface area (Å²) in [5.74, 6) is 1.25. The van der Waals surface area contributed by atoms with Gasteiger partial charge in [0.05, 0.1) is 18.5 Å². The number of hydrogen-bond acceptors (Lipinski definition) is 6. The number of benzene rings is 4. The molecule has 0 fully saturated rings. The second-order valence-corrected chi connectivity index (χ2v) is 9.36. The third kappa shape index (κ3) is 5.74. The van der Waals surface area contributed by atoms with Gasteiger partial charge in [-0.15, -0.1) is 10.2 Å². The molecule has 0 atom stereocenters. The molecule has 41 heavy (non-hydrogen) atoms. The fourth-order valence-corrected chi connectivity index (χ4v) is 4.50. The largest absolute Gasteiger partial charge is 0.497 e. The smallest absolute Gasteiger partial charge is 0.248 e. The number of methoxy groups -OCH3 is 1. The van der Waals surface area contributed by atoms with Crippen molar-refractivity contribution in [1.82, 2.24) is 20.0 Å². The van der Waals surface area contributed by atoms with Gasteiger partial charge in [0.25, 0.3) is 0 Å². The van der Waals surface area contributed by atoms with E-state index in [1.807, 2.05) is 108 Å². The van der Waals surface area contributed by atoms with Crippen LogP contribution in [0.15, 0.2) is 126 Å². The van der Waals surface area contributed by atoms with Gasteiger partial charge in [0.1, 0.15) is 5.75 Å². The number of para-hydroxylation sites is 1. The second-order valence-electron chi connectivity index (χ2n) is 9.36. The molecule has 7 nitrogen and oxygen atoms in total. The molecule has 200 valence electrons. The Kier molecular flexibility index (Phi) is 7.32. The lowest BCUT2D eigenvalue weighted by molar-refractivity contribution is 0.0998. The number of ketones is 1. The molecule has 0 aliphatic carbocycles. The van der Waals surface area contributed by atoms with E-state index in [-0.39, 0.29) is 18.1 Å². The van der Waals surface area contributed by atoms with Gasteiger partial charge in [0.15, 0.2) is 5.78 Å². The van der Waals surface area contributed by atoms with Gasteiger partial charge in [-0.1, -0.05) is 66.7 Å². The molecule has 0 bridgehead atoms. The standard InChI is InChI=1S/C34H26N4O3/c1-40-30-19-17-24(18-20-30)31(39)22-27(34-36-35-33(41-34)26-13-7-3-8-14-26)21-28-23-38(29-15-9-4-10-16-29)37-32(28)25-11-5-2-6-12-25/h2-21,23H,22H2,1H3/b27-21+. The van der Waals surface area contributed by atoms with Crippen molar-refractivity contribution in [1.29, 1.82) is 0 Å². The van der Waals surface area contributed by atoms with E-state index in [0.717, 1.165) is 28.1 Å². The Morgan fingerprint density at radius 3 is 2.10 bits per heavy atom. The second kappa shape index (κ2) is 11.7. The van der Waals surface area contributed by atoms with E-state index < -0.39 is 0 Å². The summed E-state index contributed by atoms with van der Waals surface area (Å²) in [4.78, 5) is 13.5. The van der Waals surface area contributed by atoms with Gasteiger partial charge in [0, 0.05) is 40.4 Å². The zero-order chi connectivity index (χ0) is 28.0. The van der Waals surface area contributed by atoms with E-state index in [9.17, 15) is 4.79 Å². The van der Waals surface area contributed by atoms with Gasteiger partial charge in [0.2, 0.25) is 11.8 Å². The SMILES string of the molecule is COc1ccc(C(=O)C/C(=C\c2cn(-c3ccccc3)nc2-c2ccccc2)c2nnc(-c3ccccc3)o2)cc1. The van der Waals surface area contributed by atoms with Crippen molar-refractivity contribution in [2.75, 3.05) is 7.11 Å². The quantitative estimate of drug-likeness (QED) is 0.178. The van der Waals surface area contributed by atoms with Crippen LogP contribution in [0.4, 0.5) is 0 Å². The number of ether oxygens (including phenoxy) is 1. The maximum Gasteiger partial charge on any atom is 0.248 e. The van der Waals surface area contributed by atoms with Crippen LogP contribution in [0.5, 0.6) is 5.75 Å². The van der Waals surface area contributed by atoms with Crippen LogP contribution in [0.2, 0.25) is 0 Å². The molecule has 6 aromatic rings. The lowest BCUT2D eigenvalue weighted by Gasteiger charge is -2.06. The van der Waals surface area contributed by atoms with Crippen LogP contribution in [0, 0.1) is 0 Å². The normalized spacial score (nSPS) is 11.4. The highest BCUT2D eigenvalue weighted by molar-refractivity contribution is 6.04. The van der Waals surface area contributed by atoms with Gasteiger partial charge in [-0.25, -0.2) is 4.68 Å². The van der Waals surface area contributed by atoms with Crippen molar-refractivity contribution >= 4 is 17.4 Å². The topological polar surface area (TPSA) is 83.0 Å². The molecule has 2 aromatic heterocycles. The van der Waals surface area contributed by atoms with E-state index in [4.69, 9.17) is 14.3 Å². The molecule has 0 amide bonds. The Hall–Kier alpha value is -5.56. The molecule has 0 unspecified atom stereocenters. The molecule has 0 saturated carbocycles. The number of carbonyl (C=O) groups is 1. The minimum Gasteiger partial charge on any atom is -0.497 e. The lowest BCUT2D eigenvalue weighted by atomic mass is 10.00. The molecule has 2 heterocycles. The first-order valence-electron chi connectivity index (χ1n) is 13.2. The number of rotatable bonds is 9. The molecule has 0 N–H and O–H groups in total. The van der Waals surface area contributed by atoms with Crippen LogP contribution in [-0.2, 0) is 0 Å². The summed E-state index contributed by atoms with van der Waals surface area (Å²) in [6.45, 7) is 0. The van der Waals surface area contributed by atoms with E-state index in [1.54, 1.807) is 31.4 Å². The van der Waals surface area contributed by atoms with Gasteiger partial charge in [-0.2, -0.15) is 5.10 Å². The number of aromatic nitrogens is 4. The number of nitrogens with zero attached hydrogens (tertiary/aromatic N) is 4. The Labute approximate surface area is 237 Å². The van der Waals surface area contributed by atoms with Crippen LogP contribution in [0.25, 0.3) is 40.0 Å². The van der Waals surface area contributed by atoms with Crippen molar-refractivity contribution < 1.29 is 13.9 Å². The first-order chi connectivity index (χ1) is 20.2. The molecular weight excluding hydrogens is 512 g/mol. The van der Waals surface area contributed by atoms with Gasteiger partial charge in [-0.3, -0.25) is 4.79 Å². The highest BCUT2D eigenvalue weighted by Crippen LogP contribution is 2.31. The number of hydrogen-bond donors (Lipinski definition) is 0. The van der Waals surface area contributed by atoms with Crippen molar-refractivity contribution in [3.8, 4) is 34.1 Å². The zero-order valence-corrected chi connectivity index (χ0v) is 22.3. The Balaban J connectivity index is 1.45. The number of Topliss-reactive ketones (excluding diaryl/α,β-unsaturated/α-hetero) is 1. The minimum atomic E-state index is -0.0879. The summed E-state index contributed by atoms with van der Waals surface area (Å²) in [6, 6.07) is 36.4. The lowest BCUT2D eigenvalue weighted by Crippen LogP contribution is -2.01. The highest BCUT2D eigenvalue weighted by Gasteiger charge is 2.20. The molecule has 0 saturated heterocycles. The van der Waals surface area contributed by atoms with Crippen LogP contribution >= 0.6 is 0 Å². The molecule has 4 aromatic carbocycles. The predicted octanol–water partition coefficient (Wildman–Crippen LogP) is 7.41. The molecule has 0 spiro atoms. The van der Waals surface area contributed by atoms with E-state index in [0.29, 0.717) is 22.8 Å². The summed E-state index contributed by atoms with van der Waals surface area (Å²) in [5.41, 5.74) is 5.40. The Bertz CT molecular complexity index is 1790. The third-order valence-corrected chi connectivity index (χ3v) is 6.62. The first-order valence-corrected chi connectivity index (χ1v) is 13.2. The van der Waals surface area contributed by atoms with Crippen molar-refractivity contribution in [3.05, 3.63) is 138 Å². The van der Waals surface area contributed by atoms with Crippen LogP contribution in [0.1, 0.15) is 28.2 Å². The van der Waals surface area contributed by atoms with Gasteiger partial charge < -0.3 is 9.15 Å². The summed E-state index contributed by atoms with van der Waals surface area (Å²) < 4.78 is 13.2. The van der Waals surface area contributed by atoms with Crippen molar-refractivity contribution in [2.24, 2.45) is 0 Å². The summed E-state index contributed by atoms with van der Waals surface area (Å²) >= 11 is 0. The van der Waals surface area contributed by atoms with Crippen LogP contribution in [0.3, 0.4) is 0 Å². The van der Waals surface area contributed by atoms with E-state index in [2.05, 4.69) is 10.2 Å². The minimum absolute atomic E-state index is 0.0491. The summed E-state index contributed by atoms with van der Waals surface area (Å²) in [7, 11) is 1.59. The average Bonchev–Trinajstić information content (AvgIpc) is 3.70. The number of carbonyl (C=O) groups excluding carboxylic acids is 1. The van der Waals surface area contributed by atoms with Crippen LogP contribution in [-0.4, -0.2) is 32.9 Å². The average molecular weight is 539 g/mol. The molecule has 6 rings (SSSR count).